The second-order valence-corrected chi connectivity index (χ2v) is 7.63. The van der Waals surface area contributed by atoms with Gasteiger partial charge in [0.05, 0.1) is 17.8 Å². The highest BCUT2D eigenvalue weighted by molar-refractivity contribution is 5.95. The van der Waals surface area contributed by atoms with Crippen LogP contribution in [0.15, 0.2) is 36.7 Å². The third kappa shape index (κ3) is 4.44. The first-order chi connectivity index (χ1) is 14.5. The fraction of sp³-hybridized carbons (Fsp3) is 0.364. The van der Waals surface area contributed by atoms with Crippen LogP contribution in [0.25, 0.3) is 10.9 Å². The van der Waals surface area contributed by atoms with Gasteiger partial charge >= 0.3 is 0 Å². The summed E-state index contributed by atoms with van der Waals surface area (Å²) in [6, 6.07) is 8.11. The monoisotopic (exact) mass is 411 g/mol. The predicted octanol–water partition coefficient (Wildman–Crippen LogP) is 3.24. The Morgan fingerprint density at radius 3 is 3.00 bits per heavy atom. The summed E-state index contributed by atoms with van der Waals surface area (Å²) in [6.45, 7) is 4.32. The number of ether oxygens (including phenoxy) is 1. The molecule has 1 saturated heterocycles. The zero-order valence-electron chi connectivity index (χ0n) is 16.9. The second kappa shape index (κ2) is 8.81. The van der Waals surface area contributed by atoms with Crippen molar-refractivity contribution in [2.75, 3.05) is 37.3 Å². The van der Waals surface area contributed by atoms with E-state index in [4.69, 9.17) is 10.5 Å². The fourth-order valence-corrected chi connectivity index (χ4v) is 3.97. The maximum atomic E-state index is 14.0. The number of nitrogens with zero attached hydrogens (tertiary/aromatic N) is 3. The minimum atomic E-state index is -0.366. The second-order valence-electron chi connectivity index (χ2n) is 7.63. The van der Waals surface area contributed by atoms with E-state index in [-0.39, 0.29) is 18.5 Å². The van der Waals surface area contributed by atoms with Gasteiger partial charge in [-0.25, -0.2) is 14.4 Å². The van der Waals surface area contributed by atoms with Crippen molar-refractivity contribution in [3.8, 4) is 5.75 Å². The van der Waals surface area contributed by atoms with Gasteiger partial charge in [0.2, 0.25) is 0 Å². The number of hydrogen-bond acceptors (Lipinski definition) is 7. The van der Waals surface area contributed by atoms with E-state index >= 15 is 0 Å². The van der Waals surface area contributed by atoms with Gasteiger partial charge in [0.15, 0.2) is 0 Å². The summed E-state index contributed by atoms with van der Waals surface area (Å²) in [7, 11) is 0. The van der Waals surface area contributed by atoms with Crippen LogP contribution in [0.2, 0.25) is 0 Å². The molecule has 0 bridgehead atoms. The van der Waals surface area contributed by atoms with E-state index in [1.54, 1.807) is 12.1 Å². The zero-order chi connectivity index (χ0) is 21.1. The molecule has 158 valence electrons. The summed E-state index contributed by atoms with van der Waals surface area (Å²) < 4.78 is 20.2. The maximum absolute atomic E-state index is 14.0. The Morgan fingerprint density at radius 2 is 2.17 bits per heavy atom. The lowest BCUT2D eigenvalue weighted by Crippen LogP contribution is -2.42. The highest BCUT2D eigenvalue weighted by Crippen LogP contribution is 2.33. The molecule has 4 rings (SSSR count). The minimum Gasteiger partial charge on any atom is -0.487 e. The van der Waals surface area contributed by atoms with Crippen LogP contribution < -0.4 is 15.8 Å². The number of rotatable bonds is 6. The molecule has 0 saturated carbocycles. The molecular formula is C22H26FN5O2. The zero-order valence-corrected chi connectivity index (χ0v) is 16.9. The standard InChI is InChI=1S/C22H26FN5O2/c1-14-9-16(24)11-19-21(14)22(26-13-25-19)27-18-5-4-15(23)10-20(18)30-17-3-2-6-28(12-17)7-8-29/h4-5,9-11,13,17,29H,2-3,6-8,12,24H2,1H3,(H,25,26,27)/t17-/m1/s1. The van der Waals surface area contributed by atoms with Crippen LogP contribution in [-0.4, -0.2) is 52.3 Å². The number of piperidine rings is 1. The van der Waals surface area contributed by atoms with Crippen LogP contribution in [-0.2, 0) is 0 Å². The van der Waals surface area contributed by atoms with E-state index in [0.29, 0.717) is 36.0 Å². The molecule has 1 fully saturated rings. The maximum Gasteiger partial charge on any atom is 0.146 e. The molecular weight excluding hydrogens is 385 g/mol. The lowest BCUT2D eigenvalue weighted by molar-refractivity contribution is 0.0770. The number of nitrogens with two attached hydrogens (primary N) is 1. The number of anilines is 3. The molecule has 2 aromatic carbocycles. The number of aliphatic hydroxyl groups is 1. The Bertz CT molecular complexity index is 1040. The molecule has 1 atom stereocenters. The number of nitrogen functional groups attached to an aromatic ring is 1. The van der Waals surface area contributed by atoms with Gasteiger partial charge in [0.25, 0.3) is 0 Å². The molecule has 1 aliphatic rings. The predicted molar refractivity (Wildman–Crippen MR) is 116 cm³/mol. The lowest BCUT2D eigenvalue weighted by atomic mass is 10.1. The Labute approximate surface area is 174 Å². The van der Waals surface area contributed by atoms with E-state index < -0.39 is 0 Å². The highest BCUT2D eigenvalue weighted by atomic mass is 19.1. The SMILES string of the molecule is Cc1cc(N)cc2ncnc(Nc3ccc(F)cc3O[C@@H]3CCCN(CCO)C3)c12. The number of nitrogens with one attached hydrogen (secondary N) is 1. The van der Waals surface area contributed by atoms with E-state index in [9.17, 15) is 9.50 Å². The van der Waals surface area contributed by atoms with Crippen molar-refractivity contribution in [1.82, 2.24) is 14.9 Å². The van der Waals surface area contributed by atoms with Crippen molar-refractivity contribution in [1.29, 1.82) is 0 Å². The first kappa shape index (κ1) is 20.3. The number of aliphatic hydroxyl groups excluding tert-OH is 1. The summed E-state index contributed by atoms with van der Waals surface area (Å²) in [6.07, 6.45) is 3.25. The molecule has 0 unspecified atom stereocenters. The number of hydrogen-bond donors (Lipinski definition) is 3. The minimum absolute atomic E-state index is 0.0728. The van der Waals surface area contributed by atoms with Gasteiger partial charge in [-0.1, -0.05) is 0 Å². The smallest absolute Gasteiger partial charge is 0.146 e. The van der Waals surface area contributed by atoms with Gasteiger partial charge < -0.3 is 20.9 Å². The molecule has 7 nitrogen and oxygen atoms in total. The molecule has 0 spiro atoms. The van der Waals surface area contributed by atoms with E-state index in [2.05, 4.69) is 20.2 Å². The van der Waals surface area contributed by atoms with Gasteiger partial charge in [0, 0.05) is 30.2 Å². The van der Waals surface area contributed by atoms with Crippen molar-refractivity contribution in [3.05, 3.63) is 48.0 Å². The number of fused-ring (bicyclic) bond motifs is 1. The summed E-state index contributed by atoms with van der Waals surface area (Å²) in [5, 5.41) is 13.4. The van der Waals surface area contributed by atoms with Crippen LogP contribution >= 0.6 is 0 Å². The first-order valence-electron chi connectivity index (χ1n) is 10.1. The number of β-amino-alcohol motifs (C(OH)–C–C–N with tert-alkyl or cyclic N) is 1. The summed E-state index contributed by atoms with van der Waals surface area (Å²) in [4.78, 5) is 10.9. The summed E-state index contributed by atoms with van der Waals surface area (Å²) >= 11 is 0. The van der Waals surface area contributed by atoms with Crippen LogP contribution in [0.4, 0.5) is 21.6 Å². The van der Waals surface area contributed by atoms with Crippen LogP contribution in [0.1, 0.15) is 18.4 Å². The Morgan fingerprint density at radius 1 is 1.30 bits per heavy atom. The normalized spacial score (nSPS) is 17.2. The van der Waals surface area contributed by atoms with E-state index in [0.717, 1.165) is 35.9 Å². The van der Waals surface area contributed by atoms with Gasteiger partial charge in [-0.05, 0) is 56.1 Å². The van der Waals surface area contributed by atoms with Crippen molar-refractivity contribution in [3.63, 3.8) is 0 Å². The molecule has 0 amide bonds. The van der Waals surface area contributed by atoms with Crippen LogP contribution in [0, 0.1) is 12.7 Å². The lowest BCUT2D eigenvalue weighted by Gasteiger charge is -2.32. The highest BCUT2D eigenvalue weighted by Gasteiger charge is 2.22. The first-order valence-corrected chi connectivity index (χ1v) is 10.1. The molecule has 8 heteroatoms. The van der Waals surface area contributed by atoms with Crippen molar-refractivity contribution >= 4 is 28.1 Å². The number of likely N-dealkylation sites (tertiary alicyclic amines) is 1. The third-order valence-electron chi connectivity index (χ3n) is 5.33. The van der Waals surface area contributed by atoms with Crippen molar-refractivity contribution < 1.29 is 14.2 Å². The Kier molecular flexibility index (Phi) is 5.96. The number of halogens is 1. The number of aryl methyl sites for hydroxylation is 1. The fourth-order valence-electron chi connectivity index (χ4n) is 3.97. The molecule has 0 aliphatic carbocycles. The van der Waals surface area contributed by atoms with Gasteiger partial charge in [-0.3, -0.25) is 4.90 Å². The molecule has 1 aliphatic heterocycles. The molecule has 2 heterocycles. The average Bonchev–Trinajstić information content (AvgIpc) is 2.70. The summed E-state index contributed by atoms with van der Waals surface area (Å²) in [5.74, 6) is 0.681. The quantitative estimate of drug-likeness (QED) is 0.536. The summed E-state index contributed by atoms with van der Waals surface area (Å²) in [5.41, 5.74) is 8.90. The Hall–Kier alpha value is -2.97. The van der Waals surface area contributed by atoms with E-state index in [1.807, 2.05) is 13.0 Å². The van der Waals surface area contributed by atoms with Crippen molar-refractivity contribution in [2.24, 2.45) is 0 Å². The Balaban J connectivity index is 1.62. The van der Waals surface area contributed by atoms with Gasteiger partial charge in [-0.15, -0.1) is 0 Å². The van der Waals surface area contributed by atoms with Crippen LogP contribution in [0.3, 0.4) is 0 Å². The molecule has 1 aromatic heterocycles. The van der Waals surface area contributed by atoms with E-state index in [1.165, 1.54) is 18.5 Å². The van der Waals surface area contributed by atoms with Gasteiger partial charge in [0.1, 0.15) is 29.8 Å². The topological polar surface area (TPSA) is 96.5 Å². The molecule has 3 aromatic rings. The molecule has 4 N–H and O–H groups in total. The number of aromatic nitrogens is 2. The average molecular weight is 411 g/mol. The number of benzene rings is 2. The third-order valence-corrected chi connectivity index (χ3v) is 5.33. The molecule has 0 radical (unpaired) electrons. The largest absolute Gasteiger partial charge is 0.487 e. The van der Waals surface area contributed by atoms with Crippen molar-refractivity contribution in [2.45, 2.75) is 25.9 Å². The van der Waals surface area contributed by atoms with Crippen LogP contribution in [0.5, 0.6) is 5.75 Å². The molecule has 30 heavy (non-hydrogen) atoms. The van der Waals surface area contributed by atoms with Gasteiger partial charge in [-0.2, -0.15) is 0 Å².